The van der Waals surface area contributed by atoms with Crippen LogP contribution >= 0.6 is 0 Å². The average Bonchev–Trinajstić information content (AvgIpc) is 1.88. The molecule has 1 unspecified atom stereocenters. The van der Waals surface area contributed by atoms with Gasteiger partial charge in [-0.3, -0.25) is 4.79 Å². The van der Waals surface area contributed by atoms with Crippen LogP contribution in [0.15, 0.2) is 12.7 Å². The quantitative estimate of drug-likeness (QED) is 0.634. The zero-order valence-electron chi connectivity index (χ0n) is 7.42. The molecule has 2 heteroatoms. The second-order valence-corrected chi connectivity index (χ2v) is 3.32. The van der Waals surface area contributed by atoms with Crippen LogP contribution in [0.4, 0.5) is 0 Å². The number of carboxylic acid groups (broad SMARTS) is 1. The summed E-state index contributed by atoms with van der Waals surface area (Å²) in [5.41, 5.74) is -0.305. The van der Waals surface area contributed by atoms with Gasteiger partial charge in [0.1, 0.15) is 0 Å². The van der Waals surface area contributed by atoms with Gasteiger partial charge in [-0.2, -0.15) is 0 Å². The normalized spacial score (nSPS) is 14.1. The molecule has 0 rings (SSSR count). The molecule has 1 N–H and O–H groups in total. The molecule has 0 aromatic heterocycles. The highest BCUT2D eigenvalue weighted by Crippen LogP contribution is 2.30. The first-order chi connectivity index (χ1) is 4.95. The van der Waals surface area contributed by atoms with Crippen LogP contribution in [0.3, 0.4) is 0 Å². The summed E-state index contributed by atoms with van der Waals surface area (Å²) < 4.78 is 0. The van der Waals surface area contributed by atoms with Crippen molar-refractivity contribution in [2.24, 2.45) is 11.3 Å². The van der Waals surface area contributed by atoms with Crippen molar-refractivity contribution in [2.45, 2.75) is 27.2 Å². The van der Waals surface area contributed by atoms with Crippen LogP contribution in [0.5, 0.6) is 0 Å². The van der Waals surface area contributed by atoms with E-state index in [1.807, 2.05) is 20.8 Å². The number of allylic oxidation sites excluding steroid dienone is 1. The van der Waals surface area contributed by atoms with Crippen molar-refractivity contribution in [2.75, 3.05) is 0 Å². The molecular weight excluding hydrogens is 140 g/mol. The molecule has 1 atom stereocenters. The zero-order chi connectivity index (χ0) is 9.07. The van der Waals surface area contributed by atoms with Crippen LogP contribution < -0.4 is 0 Å². The number of carbonyl (C=O) groups is 1. The topological polar surface area (TPSA) is 37.3 Å². The van der Waals surface area contributed by atoms with Crippen molar-refractivity contribution >= 4 is 5.97 Å². The van der Waals surface area contributed by atoms with Crippen LogP contribution in [0, 0.1) is 11.3 Å². The Morgan fingerprint density at radius 1 is 1.73 bits per heavy atom. The van der Waals surface area contributed by atoms with E-state index >= 15 is 0 Å². The Bertz CT molecular complexity index is 159. The molecule has 0 radical (unpaired) electrons. The smallest absolute Gasteiger partial charge is 0.307 e. The first-order valence-electron chi connectivity index (χ1n) is 3.82. The number of hydrogen-bond donors (Lipinski definition) is 1. The van der Waals surface area contributed by atoms with E-state index in [0.29, 0.717) is 6.42 Å². The SMILES string of the molecule is C=CC(C)(C)C(CC)C(=O)O. The maximum atomic E-state index is 10.7. The Kier molecular flexibility index (Phi) is 3.30. The lowest BCUT2D eigenvalue weighted by Gasteiger charge is -2.26. The van der Waals surface area contributed by atoms with Gasteiger partial charge < -0.3 is 5.11 Å². The highest BCUT2D eigenvalue weighted by atomic mass is 16.4. The van der Waals surface area contributed by atoms with Gasteiger partial charge in [-0.25, -0.2) is 0 Å². The predicted molar refractivity (Wildman–Crippen MR) is 45.4 cm³/mol. The average molecular weight is 156 g/mol. The molecule has 0 bridgehead atoms. The molecule has 0 amide bonds. The summed E-state index contributed by atoms with van der Waals surface area (Å²) >= 11 is 0. The van der Waals surface area contributed by atoms with Crippen LogP contribution in [-0.2, 0) is 4.79 Å². The number of carboxylic acids is 1. The van der Waals surface area contributed by atoms with E-state index in [1.54, 1.807) is 6.08 Å². The van der Waals surface area contributed by atoms with Gasteiger partial charge in [0.15, 0.2) is 0 Å². The molecule has 0 heterocycles. The van der Waals surface area contributed by atoms with E-state index < -0.39 is 5.97 Å². The first kappa shape index (κ1) is 10.2. The summed E-state index contributed by atoms with van der Waals surface area (Å²) in [6.07, 6.45) is 2.35. The summed E-state index contributed by atoms with van der Waals surface area (Å²) in [5, 5.41) is 8.79. The minimum atomic E-state index is -0.739. The Labute approximate surface area is 67.9 Å². The molecule has 0 spiro atoms. The molecule has 2 nitrogen and oxygen atoms in total. The molecule has 0 aromatic carbocycles. The molecule has 11 heavy (non-hydrogen) atoms. The lowest BCUT2D eigenvalue weighted by molar-refractivity contribution is -0.144. The van der Waals surface area contributed by atoms with E-state index in [1.165, 1.54) is 0 Å². The van der Waals surface area contributed by atoms with Crippen molar-refractivity contribution < 1.29 is 9.90 Å². The molecule has 0 aromatic rings. The summed E-state index contributed by atoms with van der Waals surface area (Å²) in [6.45, 7) is 9.28. The summed E-state index contributed by atoms with van der Waals surface area (Å²) in [7, 11) is 0. The number of aliphatic carboxylic acids is 1. The zero-order valence-corrected chi connectivity index (χ0v) is 7.42. The fourth-order valence-electron chi connectivity index (χ4n) is 1.16. The Morgan fingerprint density at radius 3 is 2.27 bits per heavy atom. The lowest BCUT2D eigenvalue weighted by Crippen LogP contribution is -2.28. The van der Waals surface area contributed by atoms with E-state index in [9.17, 15) is 4.79 Å². The van der Waals surface area contributed by atoms with Crippen molar-refractivity contribution in [1.82, 2.24) is 0 Å². The maximum absolute atomic E-state index is 10.7. The van der Waals surface area contributed by atoms with Crippen LogP contribution in [0.1, 0.15) is 27.2 Å². The second-order valence-electron chi connectivity index (χ2n) is 3.32. The first-order valence-corrected chi connectivity index (χ1v) is 3.82. The molecule has 0 aliphatic rings. The fourth-order valence-corrected chi connectivity index (χ4v) is 1.16. The third-order valence-corrected chi connectivity index (χ3v) is 2.13. The van der Waals surface area contributed by atoms with Gasteiger partial charge in [-0.05, 0) is 11.8 Å². The van der Waals surface area contributed by atoms with E-state index in [0.717, 1.165) is 0 Å². The molecule has 0 saturated heterocycles. The van der Waals surface area contributed by atoms with Crippen molar-refractivity contribution in [3.63, 3.8) is 0 Å². The summed E-state index contributed by atoms with van der Waals surface area (Å²) in [6, 6.07) is 0. The van der Waals surface area contributed by atoms with Crippen LogP contribution in [-0.4, -0.2) is 11.1 Å². The number of hydrogen-bond acceptors (Lipinski definition) is 1. The minimum Gasteiger partial charge on any atom is -0.481 e. The van der Waals surface area contributed by atoms with E-state index in [-0.39, 0.29) is 11.3 Å². The van der Waals surface area contributed by atoms with E-state index in [4.69, 9.17) is 5.11 Å². The van der Waals surface area contributed by atoms with Gasteiger partial charge in [0.2, 0.25) is 0 Å². The predicted octanol–water partition coefficient (Wildman–Crippen LogP) is 2.31. The van der Waals surface area contributed by atoms with Crippen LogP contribution in [0.2, 0.25) is 0 Å². The van der Waals surface area contributed by atoms with Gasteiger partial charge in [0.25, 0.3) is 0 Å². The molecule has 0 aliphatic carbocycles. The second kappa shape index (κ2) is 3.56. The largest absolute Gasteiger partial charge is 0.481 e. The molecule has 0 aliphatic heterocycles. The highest BCUT2D eigenvalue weighted by molar-refractivity contribution is 5.71. The van der Waals surface area contributed by atoms with Crippen molar-refractivity contribution in [1.29, 1.82) is 0 Å². The summed E-state index contributed by atoms with van der Waals surface area (Å²) in [4.78, 5) is 10.7. The van der Waals surface area contributed by atoms with Gasteiger partial charge in [0, 0.05) is 0 Å². The third kappa shape index (κ3) is 2.37. The Hall–Kier alpha value is -0.790. The Morgan fingerprint density at radius 2 is 2.18 bits per heavy atom. The maximum Gasteiger partial charge on any atom is 0.307 e. The van der Waals surface area contributed by atoms with Crippen molar-refractivity contribution in [3.05, 3.63) is 12.7 Å². The molecule has 0 saturated carbocycles. The fraction of sp³-hybridized carbons (Fsp3) is 0.667. The Balaban J connectivity index is 4.48. The molecular formula is C9H16O2. The van der Waals surface area contributed by atoms with E-state index in [2.05, 4.69) is 6.58 Å². The number of rotatable bonds is 4. The van der Waals surface area contributed by atoms with Gasteiger partial charge in [0.05, 0.1) is 5.92 Å². The van der Waals surface area contributed by atoms with Gasteiger partial charge >= 0.3 is 5.97 Å². The third-order valence-electron chi connectivity index (χ3n) is 2.13. The van der Waals surface area contributed by atoms with Gasteiger partial charge in [-0.1, -0.05) is 26.8 Å². The standard InChI is InChI=1S/C9H16O2/c1-5-7(8(10)11)9(3,4)6-2/h6-7H,2,5H2,1,3-4H3,(H,10,11). The highest BCUT2D eigenvalue weighted by Gasteiger charge is 2.30. The minimum absolute atomic E-state index is 0.305. The monoisotopic (exact) mass is 156 g/mol. The molecule has 0 fully saturated rings. The molecule has 64 valence electrons. The summed E-state index contributed by atoms with van der Waals surface area (Å²) in [5.74, 6) is -1.06. The van der Waals surface area contributed by atoms with Gasteiger partial charge in [-0.15, -0.1) is 6.58 Å². The van der Waals surface area contributed by atoms with Crippen LogP contribution in [0.25, 0.3) is 0 Å². The van der Waals surface area contributed by atoms with Crippen molar-refractivity contribution in [3.8, 4) is 0 Å². The lowest BCUT2D eigenvalue weighted by atomic mass is 9.77.